The van der Waals surface area contributed by atoms with Gasteiger partial charge in [0.15, 0.2) is 11.5 Å². The largest absolute Gasteiger partial charge is 0.486 e. The molecule has 2 aromatic carbocycles. The van der Waals surface area contributed by atoms with Crippen LogP contribution in [0.1, 0.15) is 13.3 Å². The zero-order valence-corrected chi connectivity index (χ0v) is 18.0. The summed E-state index contributed by atoms with van der Waals surface area (Å²) in [7, 11) is -4.09. The first-order chi connectivity index (χ1) is 14.9. The molecule has 0 aromatic heterocycles. The van der Waals surface area contributed by atoms with E-state index in [1.165, 1.54) is 24.3 Å². The average molecular weight is 453 g/mol. The summed E-state index contributed by atoms with van der Waals surface area (Å²) in [6.07, 6.45) is 0.667. The molecule has 10 heteroatoms. The maximum Gasteiger partial charge on any atom is 0.239 e. The lowest BCUT2D eigenvalue weighted by Gasteiger charge is -2.19. The number of carbonyl (C=O) groups is 1. The third kappa shape index (κ3) is 5.86. The van der Waals surface area contributed by atoms with Crippen LogP contribution in [-0.2, 0) is 19.4 Å². The number of rotatable bonds is 10. The molecule has 0 bridgehead atoms. The van der Waals surface area contributed by atoms with Crippen LogP contribution in [0.15, 0.2) is 46.2 Å². The third-order valence-electron chi connectivity index (χ3n) is 4.49. The SMILES string of the molecule is CCOCCCNC(=O)CNc1ccc(F)cc1S(=O)(=O)c1ccc2c(c1)OCCO2. The van der Waals surface area contributed by atoms with Crippen LogP contribution in [0.5, 0.6) is 11.5 Å². The number of benzene rings is 2. The number of hydrogen-bond donors (Lipinski definition) is 2. The first kappa shape index (κ1) is 22.8. The van der Waals surface area contributed by atoms with Crippen LogP contribution in [0.4, 0.5) is 10.1 Å². The number of fused-ring (bicyclic) bond motifs is 1. The summed E-state index contributed by atoms with van der Waals surface area (Å²) in [4.78, 5) is 11.7. The fourth-order valence-electron chi connectivity index (χ4n) is 2.97. The van der Waals surface area contributed by atoms with Crippen molar-refractivity contribution in [3.05, 3.63) is 42.2 Å². The number of ether oxygens (including phenoxy) is 3. The van der Waals surface area contributed by atoms with Gasteiger partial charge in [-0.05, 0) is 43.7 Å². The molecule has 0 unspecified atom stereocenters. The summed E-state index contributed by atoms with van der Waals surface area (Å²) >= 11 is 0. The fourth-order valence-corrected chi connectivity index (χ4v) is 4.43. The molecule has 2 N–H and O–H groups in total. The number of nitrogens with one attached hydrogen (secondary N) is 2. The molecule has 1 aliphatic heterocycles. The van der Waals surface area contributed by atoms with Gasteiger partial charge >= 0.3 is 0 Å². The number of halogens is 1. The summed E-state index contributed by atoms with van der Waals surface area (Å²) < 4.78 is 56.4. The molecule has 0 atom stereocenters. The van der Waals surface area contributed by atoms with E-state index in [0.29, 0.717) is 50.9 Å². The second-order valence-electron chi connectivity index (χ2n) is 6.70. The maximum atomic E-state index is 13.9. The summed E-state index contributed by atoms with van der Waals surface area (Å²) in [5, 5.41) is 5.50. The number of amides is 1. The van der Waals surface area contributed by atoms with Gasteiger partial charge in [0.25, 0.3) is 0 Å². The predicted molar refractivity (Wildman–Crippen MR) is 112 cm³/mol. The molecule has 1 amide bonds. The summed E-state index contributed by atoms with van der Waals surface area (Å²) in [5.74, 6) is -0.265. The van der Waals surface area contributed by atoms with Crippen molar-refractivity contribution in [1.29, 1.82) is 0 Å². The molecule has 0 aliphatic carbocycles. The minimum absolute atomic E-state index is 0.0641. The van der Waals surface area contributed by atoms with Crippen molar-refractivity contribution in [2.45, 2.75) is 23.1 Å². The van der Waals surface area contributed by atoms with Gasteiger partial charge in [0.1, 0.15) is 19.0 Å². The van der Waals surface area contributed by atoms with Gasteiger partial charge in [-0.2, -0.15) is 0 Å². The van der Waals surface area contributed by atoms with Crippen molar-refractivity contribution in [2.75, 3.05) is 44.8 Å². The Hall–Kier alpha value is -2.85. The molecular weight excluding hydrogens is 427 g/mol. The lowest BCUT2D eigenvalue weighted by Crippen LogP contribution is -2.31. The topological polar surface area (TPSA) is 103 Å². The molecule has 1 heterocycles. The molecule has 0 spiro atoms. The monoisotopic (exact) mass is 452 g/mol. The highest BCUT2D eigenvalue weighted by molar-refractivity contribution is 7.91. The van der Waals surface area contributed by atoms with Gasteiger partial charge < -0.3 is 24.8 Å². The van der Waals surface area contributed by atoms with E-state index in [4.69, 9.17) is 14.2 Å². The van der Waals surface area contributed by atoms with Crippen LogP contribution in [0, 0.1) is 5.82 Å². The number of carbonyl (C=O) groups excluding carboxylic acids is 1. The van der Waals surface area contributed by atoms with Gasteiger partial charge in [0.05, 0.1) is 22.0 Å². The summed E-state index contributed by atoms with van der Waals surface area (Å²) in [6, 6.07) is 7.58. The van der Waals surface area contributed by atoms with Crippen LogP contribution >= 0.6 is 0 Å². The van der Waals surface area contributed by atoms with Crippen LogP contribution < -0.4 is 20.1 Å². The second-order valence-corrected chi connectivity index (χ2v) is 8.62. The Kier molecular flexibility index (Phi) is 7.69. The van der Waals surface area contributed by atoms with Gasteiger partial charge in [-0.1, -0.05) is 0 Å². The minimum atomic E-state index is -4.09. The molecule has 0 saturated heterocycles. The Bertz CT molecular complexity index is 1030. The van der Waals surface area contributed by atoms with Crippen LogP contribution in [0.3, 0.4) is 0 Å². The van der Waals surface area contributed by atoms with Gasteiger partial charge in [0, 0.05) is 25.8 Å². The highest BCUT2D eigenvalue weighted by Crippen LogP contribution is 2.35. The van der Waals surface area contributed by atoms with E-state index in [2.05, 4.69) is 10.6 Å². The zero-order chi connectivity index (χ0) is 22.3. The lowest BCUT2D eigenvalue weighted by atomic mass is 10.3. The smallest absolute Gasteiger partial charge is 0.239 e. The summed E-state index contributed by atoms with van der Waals surface area (Å²) in [5.41, 5.74) is 0.126. The predicted octanol–water partition coefficient (Wildman–Crippen LogP) is 2.38. The van der Waals surface area contributed by atoms with E-state index >= 15 is 0 Å². The van der Waals surface area contributed by atoms with Crippen molar-refractivity contribution in [3.63, 3.8) is 0 Å². The van der Waals surface area contributed by atoms with Gasteiger partial charge in [0.2, 0.25) is 15.7 Å². The lowest BCUT2D eigenvalue weighted by molar-refractivity contribution is -0.119. The summed E-state index contributed by atoms with van der Waals surface area (Å²) in [6.45, 7) is 4.01. The van der Waals surface area contributed by atoms with E-state index in [-0.39, 0.29) is 27.9 Å². The van der Waals surface area contributed by atoms with E-state index in [1.807, 2.05) is 6.92 Å². The normalized spacial score (nSPS) is 13.0. The van der Waals surface area contributed by atoms with Crippen LogP contribution in [0.2, 0.25) is 0 Å². The minimum Gasteiger partial charge on any atom is -0.486 e. The molecule has 2 aromatic rings. The molecule has 0 saturated carbocycles. The van der Waals surface area contributed by atoms with Crippen molar-refractivity contribution in [3.8, 4) is 11.5 Å². The molecular formula is C21H25FN2O6S. The highest BCUT2D eigenvalue weighted by atomic mass is 32.2. The van der Waals surface area contributed by atoms with E-state index in [9.17, 15) is 17.6 Å². The third-order valence-corrected chi connectivity index (χ3v) is 6.28. The first-order valence-electron chi connectivity index (χ1n) is 9.94. The van der Waals surface area contributed by atoms with E-state index in [0.717, 1.165) is 12.1 Å². The van der Waals surface area contributed by atoms with Crippen molar-refractivity contribution in [1.82, 2.24) is 5.32 Å². The van der Waals surface area contributed by atoms with Gasteiger partial charge in [-0.25, -0.2) is 12.8 Å². The van der Waals surface area contributed by atoms with Crippen molar-refractivity contribution in [2.24, 2.45) is 0 Å². The standard InChI is InChI=1S/C21H25FN2O6S/c1-2-28-9-3-8-23-21(25)14-24-17-6-4-15(22)12-20(17)31(26,27)16-5-7-18-19(13-16)30-11-10-29-18/h4-7,12-13,24H,2-3,8-11,14H2,1H3,(H,23,25). The molecule has 1 aliphatic rings. The molecule has 168 valence electrons. The van der Waals surface area contributed by atoms with Crippen LogP contribution in [0.25, 0.3) is 0 Å². The molecule has 8 nitrogen and oxygen atoms in total. The van der Waals surface area contributed by atoms with Crippen molar-refractivity contribution >= 4 is 21.4 Å². The Morgan fingerprint density at radius 3 is 2.68 bits per heavy atom. The molecule has 3 rings (SSSR count). The Morgan fingerprint density at radius 1 is 1.13 bits per heavy atom. The average Bonchev–Trinajstić information content (AvgIpc) is 2.77. The van der Waals surface area contributed by atoms with E-state index < -0.39 is 15.7 Å². The Balaban J connectivity index is 1.74. The number of sulfone groups is 1. The fraction of sp³-hybridized carbons (Fsp3) is 0.381. The molecule has 0 fully saturated rings. The highest BCUT2D eigenvalue weighted by Gasteiger charge is 2.25. The second kappa shape index (κ2) is 10.5. The quantitative estimate of drug-likeness (QED) is 0.534. The first-order valence-corrected chi connectivity index (χ1v) is 11.4. The number of anilines is 1. The Morgan fingerprint density at radius 2 is 1.90 bits per heavy atom. The van der Waals surface area contributed by atoms with Crippen molar-refractivity contribution < 1.29 is 31.8 Å². The Labute approximate surface area is 180 Å². The molecule has 0 radical (unpaired) electrons. The van der Waals surface area contributed by atoms with E-state index in [1.54, 1.807) is 0 Å². The zero-order valence-electron chi connectivity index (χ0n) is 17.1. The maximum absolute atomic E-state index is 13.9. The molecule has 31 heavy (non-hydrogen) atoms. The van der Waals surface area contributed by atoms with Crippen LogP contribution in [-0.4, -0.2) is 53.8 Å². The van der Waals surface area contributed by atoms with Gasteiger partial charge in [-0.15, -0.1) is 0 Å². The van der Waals surface area contributed by atoms with Gasteiger partial charge in [-0.3, -0.25) is 4.79 Å². The number of hydrogen-bond acceptors (Lipinski definition) is 7.